The first kappa shape index (κ1) is 16.0. The van der Waals surface area contributed by atoms with E-state index in [2.05, 4.69) is 23.1 Å². The Morgan fingerprint density at radius 3 is 2.60 bits per heavy atom. The zero-order valence-electron chi connectivity index (χ0n) is 14.7. The molecular weight excluding hydrogens is 314 g/mol. The predicted octanol–water partition coefficient (Wildman–Crippen LogP) is 3.53. The molecule has 1 amide bonds. The Bertz CT molecular complexity index is 787. The van der Waals surface area contributed by atoms with Gasteiger partial charge in [-0.05, 0) is 30.0 Å². The van der Waals surface area contributed by atoms with Crippen molar-refractivity contribution in [2.75, 3.05) is 14.2 Å². The summed E-state index contributed by atoms with van der Waals surface area (Å²) in [6.07, 6.45) is 2.47. The molecule has 130 valence electrons. The van der Waals surface area contributed by atoms with Crippen molar-refractivity contribution in [3.63, 3.8) is 0 Å². The van der Waals surface area contributed by atoms with Crippen LogP contribution in [0.5, 0.6) is 11.5 Å². The Labute approximate surface area is 148 Å². The van der Waals surface area contributed by atoms with Crippen LogP contribution in [-0.2, 0) is 17.8 Å². The Morgan fingerprint density at radius 2 is 1.88 bits per heavy atom. The van der Waals surface area contributed by atoms with Crippen LogP contribution < -0.4 is 9.47 Å². The van der Waals surface area contributed by atoms with E-state index >= 15 is 0 Å². The van der Waals surface area contributed by atoms with Crippen molar-refractivity contribution in [2.45, 2.75) is 37.8 Å². The van der Waals surface area contributed by atoms with Crippen LogP contribution in [0.3, 0.4) is 0 Å². The standard InChI is InChI=1S/C21H23NO3/c1-24-19-11-9-15-16(21(19)25-2)8-10-18-17(15)12-20(23)22(18)13-14-6-4-3-5-7-14/h3-7,9,11,17-18H,8,10,12-13H2,1-2H3/t17-,18?/m0/s1. The maximum Gasteiger partial charge on any atom is 0.223 e. The SMILES string of the molecule is COc1ccc2c(c1OC)CCC1[C@H]2CC(=O)N1Cc1ccccc1. The Kier molecular flexibility index (Phi) is 4.12. The van der Waals surface area contributed by atoms with Crippen LogP contribution in [-0.4, -0.2) is 31.1 Å². The number of rotatable bonds is 4. The molecule has 0 N–H and O–H groups in total. The van der Waals surface area contributed by atoms with E-state index in [1.165, 1.54) is 16.7 Å². The molecule has 0 radical (unpaired) electrons. The molecule has 1 aliphatic carbocycles. The molecule has 4 heteroatoms. The lowest BCUT2D eigenvalue weighted by Gasteiger charge is -2.34. The molecule has 1 fully saturated rings. The molecule has 0 aromatic heterocycles. The van der Waals surface area contributed by atoms with E-state index in [9.17, 15) is 4.79 Å². The zero-order valence-corrected chi connectivity index (χ0v) is 14.7. The van der Waals surface area contributed by atoms with Crippen molar-refractivity contribution in [2.24, 2.45) is 0 Å². The minimum absolute atomic E-state index is 0.250. The van der Waals surface area contributed by atoms with Crippen molar-refractivity contribution in [3.05, 3.63) is 59.2 Å². The number of benzene rings is 2. The first-order valence-electron chi connectivity index (χ1n) is 8.80. The minimum Gasteiger partial charge on any atom is -0.493 e. The molecule has 2 aliphatic rings. The van der Waals surface area contributed by atoms with E-state index in [0.29, 0.717) is 13.0 Å². The van der Waals surface area contributed by atoms with Crippen LogP contribution in [0.1, 0.15) is 35.4 Å². The van der Waals surface area contributed by atoms with Gasteiger partial charge in [0, 0.05) is 30.5 Å². The quantitative estimate of drug-likeness (QED) is 0.857. The molecule has 2 aromatic carbocycles. The van der Waals surface area contributed by atoms with Gasteiger partial charge in [0.15, 0.2) is 11.5 Å². The van der Waals surface area contributed by atoms with Gasteiger partial charge in [-0.25, -0.2) is 0 Å². The Balaban J connectivity index is 1.66. The minimum atomic E-state index is 0.250. The first-order chi connectivity index (χ1) is 12.2. The fraction of sp³-hybridized carbons (Fsp3) is 0.381. The summed E-state index contributed by atoms with van der Waals surface area (Å²) in [6.45, 7) is 0.698. The van der Waals surface area contributed by atoms with Crippen LogP contribution in [0.2, 0.25) is 0 Å². The number of nitrogens with zero attached hydrogens (tertiary/aromatic N) is 1. The van der Waals surface area contributed by atoms with Gasteiger partial charge in [-0.1, -0.05) is 36.4 Å². The maximum absolute atomic E-state index is 12.7. The second-order valence-corrected chi connectivity index (χ2v) is 6.79. The molecule has 0 spiro atoms. The van der Waals surface area contributed by atoms with E-state index in [1.54, 1.807) is 14.2 Å². The number of amides is 1. The Morgan fingerprint density at radius 1 is 1.08 bits per heavy atom. The summed E-state index contributed by atoms with van der Waals surface area (Å²) in [5.74, 6) is 2.10. The maximum atomic E-state index is 12.7. The second kappa shape index (κ2) is 6.43. The number of ether oxygens (including phenoxy) is 2. The molecule has 1 unspecified atom stereocenters. The average Bonchev–Trinajstić information content (AvgIpc) is 2.97. The first-order valence-corrected chi connectivity index (χ1v) is 8.80. The highest BCUT2D eigenvalue weighted by molar-refractivity contribution is 5.81. The molecule has 1 aliphatic heterocycles. The largest absolute Gasteiger partial charge is 0.493 e. The Hall–Kier alpha value is -2.49. The van der Waals surface area contributed by atoms with Crippen molar-refractivity contribution in [3.8, 4) is 11.5 Å². The highest BCUT2D eigenvalue weighted by Crippen LogP contribution is 2.47. The number of fused-ring (bicyclic) bond motifs is 3. The normalized spacial score (nSPS) is 21.7. The van der Waals surface area contributed by atoms with Gasteiger partial charge < -0.3 is 14.4 Å². The number of carbonyl (C=O) groups excluding carboxylic acids is 1. The monoisotopic (exact) mass is 337 g/mol. The summed E-state index contributed by atoms with van der Waals surface area (Å²) in [6, 6.07) is 14.6. The molecule has 2 atom stereocenters. The molecule has 25 heavy (non-hydrogen) atoms. The van der Waals surface area contributed by atoms with Crippen molar-refractivity contribution >= 4 is 5.91 Å². The number of carbonyl (C=O) groups is 1. The zero-order chi connectivity index (χ0) is 17.4. The molecule has 2 aromatic rings. The van der Waals surface area contributed by atoms with Crippen LogP contribution in [0, 0.1) is 0 Å². The topological polar surface area (TPSA) is 38.8 Å². The molecule has 0 saturated carbocycles. The summed E-state index contributed by atoms with van der Waals surface area (Å²) in [5, 5.41) is 0. The summed E-state index contributed by atoms with van der Waals surface area (Å²) >= 11 is 0. The van der Waals surface area contributed by atoms with E-state index in [4.69, 9.17) is 9.47 Å². The number of likely N-dealkylation sites (tertiary alicyclic amines) is 1. The predicted molar refractivity (Wildman–Crippen MR) is 96.0 cm³/mol. The summed E-state index contributed by atoms with van der Waals surface area (Å²) in [4.78, 5) is 14.8. The van der Waals surface area contributed by atoms with Gasteiger partial charge in [0.05, 0.1) is 14.2 Å². The van der Waals surface area contributed by atoms with Gasteiger partial charge in [0.25, 0.3) is 0 Å². The van der Waals surface area contributed by atoms with Crippen molar-refractivity contribution in [1.82, 2.24) is 4.90 Å². The van der Waals surface area contributed by atoms with Crippen LogP contribution in [0.4, 0.5) is 0 Å². The summed E-state index contributed by atoms with van der Waals surface area (Å²) in [5.41, 5.74) is 3.64. The smallest absolute Gasteiger partial charge is 0.223 e. The van der Waals surface area contributed by atoms with E-state index < -0.39 is 0 Å². The van der Waals surface area contributed by atoms with Gasteiger partial charge >= 0.3 is 0 Å². The van der Waals surface area contributed by atoms with Crippen molar-refractivity contribution < 1.29 is 14.3 Å². The highest BCUT2D eigenvalue weighted by atomic mass is 16.5. The van der Waals surface area contributed by atoms with E-state index in [0.717, 1.165) is 24.3 Å². The third kappa shape index (κ3) is 2.66. The van der Waals surface area contributed by atoms with Gasteiger partial charge in [0.1, 0.15) is 0 Å². The molecule has 4 nitrogen and oxygen atoms in total. The molecule has 1 heterocycles. The highest BCUT2D eigenvalue weighted by Gasteiger charge is 2.44. The van der Waals surface area contributed by atoms with Gasteiger partial charge in [0.2, 0.25) is 5.91 Å². The second-order valence-electron chi connectivity index (χ2n) is 6.79. The average molecular weight is 337 g/mol. The number of hydrogen-bond donors (Lipinski definition) is 0. The fourth-order valence-corrected chi connectivity index (χ4v) is 4.41. The summed E-state index contributed by atoms with van der Waals surface area (Å²) in [7, 11) is 3.35. The van der Waals surface area contributed by atoms with Crippen LogP contribution >= 0.6 is 0 Å². The molecular formula is C21H23NO3. The lowest BCUT2D eigenvalue weighted by Crippen LogP contribution is -2.36. The van der Waals surface area contributed by atoms with Gasteiger partial charge in [-0.2, -0.15) is 0 Å². The fourth-order valence-electron chi connectivity index (χ4n) is 4.41. The van der Waals surface area contributed by atoms with Crippen molar-refractivity contribution in [1.29, 1.82) is 0 Å². The van der Waals surface area contributed by atoms with E-state index in [1.807, 2.05) is 24.3 Å². The van der Waals surface area contributed by atoms with Gasteiger partial charge in [-0.15, -0.1) is 0 Å². The lowest BCUT2D eigenvalue weighted by atomic mass is 9.79. The number of methoxy groups -OCH3 is 2. The lowest BCUT2D eigenvalue weighted by molar-refractivity contribution is -0.129. The van der Waals surface area contributed by atoms with Gasteiger partial charge in [-0.3, -0.25) is 4.79 Å². The molecule has 1 saturated heterocycles. The molecule has 4 rings (SSSR count). The van der Waals surface area contributed by atoms with Crippen LogP contribution in [0.25, 0.3) is 0 Å². The van der Waals surface area contributed by atoms with Crippen LogP contribution in [0.15, 0.2) is 42.5 Å². The third-order valence-electron chi connectivity index (χ3n) is 5.55. The summed E-state index contributed by atoms with van der Waals surface area (Å²) < 4.78 is 11.0. The molecule has 0 bridgehead atoms. The number of hydrogen-bond acceptors (Lipinski definition) is 3. The van der Waals surface area contributed by atoms with E-state index in [-0.39, 0.29) is 17.9 Å². The third-order valence-corrected chi connectivity index (χ3v) is 5.55.